The number of hydrogen-bond acceptors (Lipinski definition) is 6. The summed E-state index contributed by atoms with van der Waals surface area (Å²) < 4.78 is 62.7. The molecular formula is C22H30O6S2. The first-order valence-corrected chi connectivity index (χ1v) is 13.8. The topological polar surface area (TPSA) is 86.7 Å². The Hall–Kier alpha value is -1.80. The van der Waals surface area contributed by atoms with E-state index in [1.54, 1.807) is 0 Å². The summed E-state index contributed by atoms with van der Waals surface area (Å²) in [6, 6.07) is 0. The Morgan fingerprint density at radius 3 is 1.40 bits per heavy atom. The van der Waals surface area contributed by atoms with Crippen LogP contribution in [0.25, 0.3) is 12.2 Å². The van der Waals surface area contributed by atoms with Crippen LogP contribution in [-0.4, -0.2) is 30.0 Å². The third-order valence-electron chi connectivity index (χ3n) is 5.28. The third kappa shape index (κ3) is 4.59. The zero-order valence-corrected chi connectivity index (χ0v) is 19.3. The van der Waals surface area contributed by atoms with Crippen molar-refractivity contribution in [1.29, 1.82) is 0 Å². The number of fused-ring (bicyclic) bond motifs is 2. The Morgan fingerprint density at radius 1 is 0.633 bits per heavy atom. The molecule has 0 saturated heterocycles. The number of ether oxygens (including phenoxy) is 2. The molecule has 0 aromatic heterocycles. The summed E-state index contributed by atoms with van der Waals surface area (Å²) >= 11 is 0. The van der Waals surface area contributed by atoms with Gasteiger partial charge < -0.3 is 9.47 Å². The lowest BCUT2D eigenvalue weighted by Crippen LogP contribution is -2.11. The summed E-state index contributed by atoms with van der Waals surface area (Å²) in [5, 5.41) is 2.19. The predicted octanol–water partition coefficient (Wildman–Crippen LogP) is 5.12. The molecule has 6 nitrogen and oxygen atoms in total. The van der Waals surface area contributed by atoms with Crippen LogP contribution in [0.3, 0.4) is 0 Å². The van der Waals surface area contributed by atoms with E-state index >= 15 is 0 Å². The Morgan fingerprint density at radius 2 is 1.03 bits per heavy atom. The Kier molecular flexibility index (Phi) is 7.29. The lowest BCUT2D eigenvalue weighted by atomic mass is 10.1. The molecule has 0 fully saturated rings. The smallest absolute Gasteiger partial charge is 0.204 e. The summed E-state index contributed by atoms with van der Waals surface area (Å²) in [4.78, 5) is 0.0316. The minimum absolute atomic E-state index is 0.0158. The van der Waals surface area contributed by atoms with E-state index in [2.05, 4.69) is 13.8 Å². The molecule has 2 aliphatic heterocycles. The van der Waals surface area contributed by atoms with E-state index < -0.39 is 19.7 Å². The van der Waals surface area contributed by atoms with Crippen molar-refractivity contribution in [1.82, 2.24) is 0 Å². The fourth-order valence-electron chi connectivity index (χ4n) is 3.71. The van der Waals surface area contributed by atoms with Gasteiger partial charge in [-0.25, -0.2) is 16.8 Å². The fraction of sp³-hybridized carbons (Fsp3) is 0.545. The van der Waals surface area contributed by atoms with Gasteiger partial charge >= 0.3 is 0 Å². The number of unbranched alkanes of at least 4 members (excludes halogenated alkanes) is 6. The van der Waals surface area contributed by atoms with Crippen LogP contribution < -0.4 is 9.47 Å². The summed E-state index contributed by atoms with van der Waals surface area (Å²) in [5.41, 5.74) is 0.556. The first kappa shape index (κ1) is 22.9. The normalized spacial score (nSPS) is 17.1. The predicted molar refractivity (Wildman–Crippen MR) is 118 cm³/mol. The molecule has 8 heteroatoms. The van der Waals surface area contributed by atoms with E-state index in [4.69, 9.17) is 9.47 Å². The first-order valence-electron chi connectivity index (χ1n) is 10.7. The summed E-state index contributed by atoms with van der Waals surface area (Å²) in [6.07, 6.45) is 10.6. The molecule has 0 N–H and O–H groups in total. The number of benzene rings is 1. The molecule has 166 valence electrons. The lowest BCUT2D eigenvalue weighted by Gasteiger charge is -2.19. The van der Waals surface area contributed by atoms with Crippen molar-refractivity contribution in [3.05, 3.63) is 21.9 Å². The third-order valence-corrected chi connectivity index (χ3v) is 8.21. The molecule has 1 aromatic carbocycles. The van der Waals surface area contributed by atoms with Crippen molar-refractivity contribution in [2.75, 3.05) is 13.2 Å². The van der Waals surface area contributed by atoms with Gasteiger partial charge in [0.15, 0.2) is 0 Å². The van der Waals surface area contributed by atoms with Gasteiger partial charge in [0.05, 0.1) is 13.2 Å². The van der Waals surface area contributed by atoms with Gasteiger partial charge in [0.1, 0.15) is 21.3 Å². The maximum atomic E-state index is 12.7. The monoisotopic (exact) mass is 454 g/mol. The zero-order valence-electron chi connectivity index (χ0n) is 17.6. The van der Waals surface area contributed by atoms with Crippen LogP contribution >= 0.6 is 0 Å². The molecule has 30 heavy (non-hydrogen) atoms. The molecule has 2 aliphatic rings. The molecule has 0 spiro atoms. The van der Waals surface area contributed by atoms with Gasteiger partial charge in [0.2, 0.25) is 19.7 Å². The van der Waals surface area contributed by atoms with Crippen LogP contribution in [-0.2, 0) is 19.7 Å². The van der Waals surface area contributed by atoms with Gasteiger partial charge in [-0.3, -0.25) is 0 Å². The van der Waals surface area contributed by atoms with Crippen LogP contribution in [0.15, 0.2) is 20.6 Å². The van der Waals surface area contributed by atoms with Crippen molar-refractivity contribution in [3.8, 4) is 11.5 Å². The van der Waals surface area contributed by atoms with Crippen molar-refractivity contribution < 1.29 is 26.3 Å². The van der Waals surface area contributed by atoms with E-state index in [9.17, 15) is 16.8 Å². The van der Waals surface area contributed by atoms with Gasteiger partial charge in [-0.15, -0.1) is 0 Å². The largest absolute Gasteiger partial charge is 0.492 e. The van der Waals surface area contributed by atoms with Crippen molar-refractivity contribution >= 4 is 31.8 Å². The lowest BCUT2D eigenvalue weighted by molar-refractivity contribution is 0.283. The van der Waals surface area contributed by atoms with E-state index in [0.29, 0.717) is 13.2 Å². The van der Waals surface area contributed by atoms with Crippen LogP contribution in [0.1, 0.15) is 76.3 Å². The average molecular weight is 455 g/mol. The average Bonchev–Trinajstić information content (AvgIpc) is 3.19. The zero-order chi connectivity index (χ0) is 21.8. The highest BCUT2D eigenvalue weighted by Crippen LogP contribution is 2.51. The van der Waals surface area contributed by atoms with E-state index in [1.807, 2.05) is 0 Å². The van der Waals surface area contributed by atoms with Crippen molar-refractivity contribution in [2.45, 2.75) is 75.0 Å². The van der Waals surface area contributed by atoms with Crippen molar-refractivity contribution in [2.24, 2.45) is 0 Å². The molecule has 0 radical (unpaired) electrons. The van der Waals surface area contributed by atoms with E-state index in [1.165, 1.54) is 12.2 Å². The number of hydrogen-bond donors (Lipinski definition) is 0. The highest BCUT2D eigenvalue weighted by Gasteiger charge is 2.39. The Bertz CT molecular complexity index is 964. The summed E-state index contributed by atoms with van der Waals surface area (Å²) in [5.74, 6) is 0.245. The van der Waals surface area contributed by atoms with Gasteiger partial charge in [0, 0.05) is 21.9 Å². The molecule has 0 bridgehead atoms. The highest BCUT2D eigenvalue weighted by atomic mass is 32.2. The quantitative estimate of drug-likeness (QED) is 0.407. The van der Waals surface area contributed by atoms with Crippen LogP contribution in [0, 0.1) is 0 Å². The minimum atomic E-state index is -3.72. The van der Waals surface area contributed by atoms with Crippen LogP contribution in [0.5, 0.6) is 11.5 Å². The second kappa shape index (κ2) is 9.56. The second-order valence-corrected chi connectivity index (χ2v) is 11.2. The molecule has 2 heterocycles. The maximum absolute atomic E-state index is 12.7. The van der Waals surface area contributed by atoms with Gasteiger partial charge in [-0.1, -0.05) is 52.4 Å². The molecule has 0 saturated carbocycles. The van der Waals surface area contributed by atoms with E-state index in [-0.39, 0.29) is 32.4 Å². The maximum Gasteiger partial charge on any atom is 0.204 e. The van der Waals surface area contributed by atoms with Gasteiger partial charge in [0.25, 0.3) is 0 Å². The van der Waals surface area contributed by atoms with E-state index in [0.717, 1.165) is 62.2 Å². The molecule has 0 atom stereocenters. The molecule has 1 aromatic rings. The minimum Gasteiger partial charge on any atom is -0.492 e. The Balaban J connectivity index is 2.01. The van der Waals surface area contributed by atoms with Crippen LogP contribution in [0.4, 0.5) is 0 Å². The molecule has 0 aliphatic carbocycles. The Labute approximate surface area is 179 Å². The summed E-state index contributed by atoms with van der Waals surface area (Å²) in [6.45, 7) is 4.88. The highest BCUT2D eigenvalue weighted by molar-refractivity contribution is 7.95. The van der Waals surface area contributed by atoms with Gasteiger partial charge in [-0.05, 0) is 25.0 Å². The summed E-state index contributed by atoms with van der Waals surface area (Å²) in [7, 11) is -7.44. The number of sulfone groups is 2. The van der Waals surface area contributed by atoms with Gasteiger partial charge in [-0.2, -0.15) is 0 Å². The molecule has 3 rings (SSSR count). The van der Waals surface area contributed by atoms with Crippen molar-refractivity contribution in [3.63, 3.8) is 0 Å². The number of rotatable bonds is 12. The standard InChI is InChI=1S/C22H30O6S2/c1-3-5-7-9-13-27-19-17-11-15-30(25,26)22(17)20(28-14-10-8-6-4-2)18-12-16-29(23,24)21(18)19/h11-12,15-16H,3-10,13-14H2,1-2H3. The fourth-order valence-corrected chi connectivity index (χ4v) is 6.40. The second-order valence-electron chi connectivity index (χ2n) is 7.66. The molecule has 0 unspecified atom stereocenters. The SMILES string of the molecule is CCCCCCOc1c2c(c(OCCCCCC)c3c1S(=O)(=O)C=C3)S(=O)(=O)C=C2. The first-order chi connectivity index (χ1) is 14.3. The van der Waals surface area contributed by atoms with Crippen LogP contribution in [0.2, 0.25) is 0 Å². The molecular weight excluding hydrogens is 424 g/mol. The molecule has 0 amide bonds.